The number of pyridine rings is 1. The summed E-state index contributed by atoms with van der Waals surface area (Å²) in [5, 5.41) is 4.87. The molecule has 0 saturated heterocycles. The van der Waals surface area contributed by atoms with Gasteiger partial charge in [-0.3, -0.25) is 14.1 Å². The van der Waals surface area contributed by atoms with E-state index in [0.717, 1.165) is 45.2 Å². The van der Waals surface area contributed by atoms with E-state index in [-0.39, 0.29) is 0 Å². The minimum absolute atomic E-state index is 0.713. The maximum atomic E-state index is 5.44. The molecular weight excluding hydrogens is 587 g/mol. The minimum Gasteiger partial charge on any atom is -0.335 e. The Balaban J connectivity index is 1.26. The molecule has 0 N–H and O–H groups in total. The number of benzene rings is 6. The zero-order chi connectivity index (χ0) is 31.8. The number of fused-ring (bicyclic) bond motifs is 10. The van der Waals surface area contributed by atoms with Gasteiger partial charge in [-0.05, 0) is 60.8 Å². The molecule has 0 bridgehead atoms. The molecule has 6 aromatic carbocycles. The van der Waals surface area contributed by atoms with Crippen LogP contribution in [0.25, 0.3) is 66.4 Å². The maximum Gasteiger partial charge on any atom is 0.140 e. The van der Waals surface area contributed by atoms with Gasteiger partial charge in [0.25, 0.3) is 0 Å². The highest BCUT2D eigenvalue weighted by molar-refractivity contribution is 6.16. The normalized spacial score (nSPS) is 12.5. The fourth-order valence-electron chi connectivity index (χ4n) is 7.82. The second-order valence-electron chi connectivity index (χ2n) is 12.3. The molecular formula is C43H29N5. The summed E-state index contributed by atoms with van der Waals surface area (Å²) in [4.78, 5) is 12.2. The second-order valence-corrected chi connectivity index (χ2v) is 12.3. The summed E-state index contributed by atoms with van der Waals surface area (Å²) in [7, 11) is 0. The SMILES string of the molecule is C=Nc1ccccc1N1Cc2ccc3c4ccccc4n(-c4cccc(-n5c6ccccc6c6ccccc65)n4)c3c2-c2ccccc21. The summed E-state index contributed by atoms with van der Waals surface area (Å²) in [6, 6.07) is 53.8. The van der Waals surface area contributed by atoms with Gasteiger partial charge in [0.1, 0.15) is 11.6 Å². The molecule has 0 spiro atoms. The average Bonchev–Trinajstić information content (AvgIpc) is 3.67. The summed E-state index contributed by atoms with van der Waals surface area (Å²) in [6.07, 6.45) is 0. The largest absolute Gasteiger partial charge is 0.335 e. The molecule has 1 aliphatic heterocycles. The zero-order valence-electron chi connectivity index (χ0n) is 26.1. The molecule has 0 unspecified atom stereocenters. The Morgan fingerprint density at radius 3 is 1.77 bits per heavy atom. The number of aromatic nitrogens is 3. The number of para-hydroxylation sites is 6. The molecule has 9 aromatic rings. The van der Waals surface area contributed by atoms with Crippen molar-refractivity contribution in [2.75, 3.05) is 4.90 Å². The van der Waals surface area contributed by atoms with Crippen molar-refractivity contribution in [3.05, 3.63) is 157 Å². The van der Waals surface area contributed by atoms with Crippen molar-refractivity contribution in [1.29, 1.82) is 0 Å². The van der Waals surface area contributed by atoms with Crippen LogP contribution in [-0.2, 0) is 6.54 Å². The molecule has 4 heterocycles. The van der Waals surface area contributed by atoms with E-state index < -0.39 is 0 Å². The number of hydrogen-bond acceptors (Lipinski definition) is 3. The van der Waals surface area contributed by atoms with Crippen LogP contribution in [0.2, 0.25) is 0 Å². The molecule has 0 radical (unpaired) electrons. The van der Waals surface area contributed by atoms with Gasteiger partial charge in [-0.25, -0.2) is 4.98 Å². The molecule has 226 valence electrons. The van der Waals surface area contributed by atoms with Crippen LogP contribution in [-0.4, -0.2) is 20.8 Å². The summed E-state index contributed by atoms with van der Waals surface area (Å²) < 4.78 is 4.66. The van der Waals surface area contributed by atoms with Gasteiger partial charge in [-0.15, -0.1) is 0 Å². The molecule has 3 aromatic heterocycles. The first-order chi connectivity index (χ1) is 23.8. The third kappa shape index (κ3) is 3.73. The van der Waals surface area contributed by atoms with Gasteiger partial charge in [-0.1, -0.05) is 103 Å². The smallest absolute Gasteiger partial charge is 0.140 e. The molecule has 48 heavy (non-hydrogen) atoms. The lowest BCUT2D eigenvalue weighted by Gasteiger charge is -2.34. The maximum absolute atomic E-state index is 5.44. The summed E-state index contributed by atoms with van der Waals surface area (Å²) in [5.74, 6) is 1.77. The summed E-state index contributed by atoms with van der Waals surface area (Å²) in [5.41, 5.74) is 11.3. The standard InChI is InChI=1S/C43H29N5/c1-44-34-17-6-11-22-39(34)46-27-28-25-26-32-31-15-4-10-21-38(31)48(43(32)42(28)33-16-5-7-18-35(33)46)41-24-12-23-40(45-41)47-36-19-8-2-13-29(36)30-14-3-9-20-37(30)47/h2-26H,1,27H2. The number of hydrogen-bond donors (Lipinski definition) is 0. The van der Waals surface area contributed by atoms with Gasteiger partial charge >= 0.3 is 0 Å². The third-order valence-corrected chi connectivity index (χ3v) is 9.82. The number of aliphatic imine (C=N–C) groups is 1. The number of nitrogens with zero attached hydrogens (tertiary/aromatic N) is 5. The van der Waals surface area contributed by atoms with E-state index in [1.807, 2.05) is 12.1 Å². The van der Waals surface area contributed by atoms with Crippen LogP contribution in [0, 0.1) is 0 Å². The van der Waals surface area contributed by atoms with Crippen molar-refractivity contribution < 1.29 is 0 Å². The van der Waals surface area contributed by atoms with Gasteiger partial charge in [0, 0.05) is 44.9 Å². The molecule has 5 heteroatoms. The van der Waals surface area contributed by atoms with Crippen molar-refractivity contribution in [1.82, 2.24) is 14.1 Å². The van der Waals surface area contributed by atoms with E-state index in [1.54, 1.807) is 0 Å². The quantitative estimate of drug-likeness (QED) is 0.185. The van der Waals surface area contributed by atoms with E-state index in [1.165, 1.54) is 43.8 Å². The second kappa shape index (κ2) is 10.3. The first-order valence-corrected chi connectivity index (χ1v) is 16.2. The monoisotopic (exact) mass is 615 g/mol. The zero-order valence-corrected chi connectivity index (χ0v) is 26.1. The van der Waals surface area contributed by atoms with Crippen molar-refractivity contribution in [2.24, 2.45) is 4.99 Å². The van der Waals surface area contributed by atoms with Crippen LogP contribution in [0.3, 0.4) is 0 Å². The highest BCUT2D eigenvalue weighted by Crippen LogP contribution is 2.49. The van der Waals surface area contributed by atoms with Crippen molar-refractivity contribution in [3.8, 4) is 22.8 Å². The van der Waals surface area contributed by atoms with Crippen LogP contribution >= 0.6 is 0 Å². The van der Waals surface area contributed by atoms with Crippen LogP contribution in [0.5, 0.6) is 0 Å². The van der Waals surface area contributed by atoms with Gasteiger partial charge in [0.2, 0.25) is 0 Å². The van der Waals surface area contributed by atoms with Crippen LogP contribution in [0.15, 0.2) is 157 Å². The fraction of sp³-hybridized carbons (Fsp3) is 0.0233. The Morgan fingerprint density at radius 1 is 0.500 bits per heavy atom. The summed E-state index contributed by atoms with van der Waals surface area (Å²) in [6.45, 7) is 4.58. The molecule has 0 amide bonds. The summed E-state index contributed by atoms with van der Waals surface area (Å²) >= 11 is 0. The highest BCUT2D eigenvalue weighted by atomic mass is 15.2. The Kier molecular flexibility index (Phi) is 5.72. The van der Waals surface area contributed by atoms with Gasteiger partial charge in [0.15, 0.2) is 0 Å². The van der Waals surface area contributed by atoms with Crippen molar-refractivity contribution in [3.63, 3.8) is 0 Å². The lowest BCUT2D eigenvalue weighted by atomic mass is 9.90. The average molecular weight is 616 g/mol. The first kappa shape index (κ1) is 26.7. The van der Waals surface area contributed by atoms with Crippen molar-refractivity contribution in [2.45, 2.75) is 6.54 Å². The van der Waals surface area contributed by atoms with E-state index in [0.29, 0.717) is 6.54 Å². The first-order valence-electron chi connectivity index (χ1n) is 16.2. The molecule has 0 fully saturated rings. The molecule has 5 nitrogen and oxygen atoms in total. The van der Waals surface area contributed by atoms with E-state index in [9.17, 15) is 0 Å². The van der Waals surface area contributed by atoms with Gasteiger partial charge in [-0.2, -0.15) is 0 Å². The van der Waals surface area contributed by atoms with Crippen molar-refractivity contribution >= 4 is 67.4 Å². The van der Waals surface area contributed by atoms with Crippen LogP contribution in [0.4, 0.5) is 17.1 Å². The minimum atomic E-state index is 0.713. The Hall–Kier alpha value is -6.46. The fourth-order valence-corrected chi connectivity index (χ4v) is 7.82. The Morgan fingerprint density at radius 2 is 1.06 bits per heavy atom. The van der Waals surface area contributed by atoms with Crippen LogP contribution < -0.4 is 4.90 Å². The number of anilines is 2. The van der Waals surface area contributed by atoms with Crippen LogP contribution in [0.1, 0.15) is 5.56 Å². The third-order valence-electron chi connectivity index (χ3n) is 9.82. The Labute approximate surface area is 277 Å². The molecule has 0 atom stereocenters. The predicted molar refractivity (Wildman–Crippen MR) is 200 cm³/mol. The van der Waals surface area contributed by atoms with E-state index in [2.05, 4.69) is 165 Å². The lowest BCUT2D eigenvalue weighted by molar-refractivity contribution is 0.959. The highest BCUT2D eigenvalue weighted by Gasteiger charge is 2.29. The van der Waals surface area contributed by atoms with E-state index in [4.69, 9.17) is 4.98 Å². The lowest BCUT2D eigenvalue weighted by Crippen LogP contribution is -2.22. The van der Waals surface area contributed by atoms with Gasteiger partial charge < -0.3 is 4.90 Å². The van der Waals surface area contributed by atoms with Gasteiger partial charge in [0.05, 0.1) is 33.4 Å². The predicted octanol–water partition coefficient (Wildman–Crippen LogP) is 10.9. The Bertz CT molecular complexity index is 2690. The topological polar surface area (TPSA) is 38.4 Å². The molecule has 10 rings (SSSR count). The molecule has 0 saturated carbocycles. The van der Waals surface area contributed by atoms with E-state index >= 15 is 0 Å². The molecule has 0 aliphatic carbocycles. The number of rotatable bonds is 4. The molecule has 1 aliphatic rings.